The molecule has 202 valence electrons. The second kappa shape index (κ2) is 11.4. The van der Waals surface area contributed by atoms with Gasteiger partial charge in [0, 0.05) is 24.7 Å². The minimum Gasteiger partial charge on any atom is -0.491 e. The van der Waals surface area contributed by atoms with Crippen LogP contribution >= 0.6 is 0 Å². The van der Waals surface area contributed by atoms with Crippen LogP contribution in [-0.4, -0.2) is 85.0 Å². The minimum atomic E-state index is -0.609. The van der Waals surface area contributed by atoms with Crippen LogP contribution in [0.4, 0.5) is 0 Å². The van der Waals surface area contributed by atoms with E-state index < -0.39 is 18.1 Å². The van der Waals surface area contributed by atoms with E-state index in [-0.39, 0.29) is 35.7 Å². The molecule has 0 bridgehead atoms. The van der Waals surface area contributed by atoms with Crippen molar-refractivity contribution in [2.45, 2.75) is 82.1 Å². The van der Waals surface area contributed by atoms with Gasteiger partial charge in [-0.1, -0.05) is 37.5 Å². The summed E-state index contributed by atoms with van der Waals surface area (Å²) in [7, 11) is 1.74. The first-order valence-electron chi connectivity index (χ1n) is 14.0. The molecule has 37 heavy (non-hydrogen) atoms. The maximum Gasteiger partial charge on any atom is 0.246 e. The number of fused-ring (bicyclic) bond motifs is 2. The number of benzene rings is 1. The summed E-state index contributed by atoms with van der Waals surface area (Å²) in [5.41, 5.74) is 0.969. The molecule has 3 fully saturated rings. The number of carbonyl (C=O) groups is 3. The number of piperazine rings is 1. The standard InChI is InChI=1S/C28H41N5O4/c1-18(29-2)26(34)31-25(19-9-4-3-5-10-19)28(36)33-15-20-11-8-14-32(20)16-23(33)27(35)30-22-17-37-24-13-7-6-12-21(22)24/h6-7,12-13,18-20,22-23,25,29H,3-5,8-11,14-17H2,1-2H3,(H,30,35)(H,31,34)/t18-,20+,22?,23-,25-/m0/s1. The molecule has 9 nitrogen and oxygen atoms in total. The van der Waals surface area contributed by atoms with E-state index in [9.17, 15) is 14.4 Å². The summed E-state index contributed by atoms with van der Waals surface area (Å²) in [5, 5.41) is 9.23. The van der Waals surface area contributed by atoms with E-state index >= 15 is 0 Å². The van der Waals surface area contributed by atoms with Crippen molar-refractivity contribution >= 4 is 17.7 Å². The number of likely N-dealkylation sites (N-methyl/N-ethyl adjacent to an activating group) is 1. The van der Waals surface area contributed by atoms with Gasteiger partial charge in [-0.2, -0.15) is 0 Å². The van der Waals surface area contributed by atoms with Gasteiger partial charge in [-0.15, -0.1) is 0 Å². The molecule has 5 rings (SSSR count). The van der Waals surface area contributed by atoms with E-state index in [1.165, 1.54) is 0 Å². The highest BCUT2D eigenvalue weighted by Crippen LogP contribution is 2.33. The number of hydrogen-bond acceptors (Lipinski definition) is 6. The second-order valence-corrected chi connectivity index (χ2v) is 11.1. The number of carbonyl (C=O) groups excluding carboxylic acids is 3. The number of amides is 3. The second-order valence-electron chi connectivity index (χ2n) is 11.1. The first-order chi connectivity index (χ1) is 18.0. The molecule has 4 aliphatic rings. The van der Waals surface area contributed by atoms with Crippen LogP contribution < -0.4 is 20.7 Å². The monoisotopic (exact) mass is 511 g/mol. The van der Waals surface area contributed by atoms with Gasteiger partial charge >= 0.3 is 0 Å². The molecular weight excluding hydrogens is 470 g/mol. The molecule has 1 saturated carbocycles. The third-order valence-electron chi connectivity index (χ3n) is 8.80. The third-order valence-corrected chi connectivity index (χ3v) is 8.80. The van der Waals surface area contributed by atoms with E-state index in [2.05, 4.69) is 20.9 Å². The third kappa shape index (κ3) is 5.48. The zero-order valence-corrected chi connectivity index (χ0v) is 22.1. The van der Waals surface area contributed by atoms with Crippen LogP contribution in [0.3, 0.4) is 0 Å². The Morgan fingerprint density at radius 1 is 1.03 bits per heavy atom. The predicted octanol–water partition coefficient (Wildman–Crippen LogP) is 1.58. The van der Waals surface area contributed by atoms with Crippen LogP contribution in [-0.2, 0) is 14.4 Å². The van der Waals surface area contributed by atoms with Crippen molar-refractivity contribution in [3.63, 3.8) is 0 Å². The van der Waals surface area contributed by atoms with Gasteiger partial charge in [-0.3, -0.25) is 19.3 Å². The molecule has 3 heterocycles. The fourth-order valence-corrected chi connectivity index (χ4v) is 6.47. The lowest BCUT2D eigenvalue weighted by molar-refractivity contribution is -0.149. The molecule has 1 unspecified atom stereocenters. The van der Waals surface area contributed by atoms with Gasteiger partial charge in [-0.05, 0) is 58.2 Å². The highest BCUT2D eigenvalue weighted by molar-refractivity contribution is 5.93. The largest absolute Gasteiger partial charge is 0.491 e. The van der Waals surface area contributed by atoms with Crippen molar-refractivity contribution in [1.82, 2.24) is 25.8 Å². The molecule has 0 aromatic heterocycles. The molecule has 3 aliphatic heterocycles. The van der Waals surface area contributed by atoms with Gasteiger partial charge < -0.3 is 25.6 Å². The van der Waals surface area contributed by atoms with Gasteiger partial charge in [0.15, 0.2) is 0 Å². The Balaban J connectivity index is 1.38. The first-order valence-corrected chi connectivity index (χ1v) is 14.0. The Morgan fingerprint density at radius 3 is 2.59 bits per heavy atom. The quantitative estimate of drug-likeness (QED) is 0.514. The number of rotatable bonds is 7. The van der Waals surface area contributed by atoms with Crippen LogP contribution in [0.25, 0.3) is 0 Å². The van der Waals surface area contributed by atoms with E-state index in [0.717, 1.165) is 62.8 Å². The highest BCUT2D eigenvalue weighted by atomic mass is 16.5. The van der Waals surface area contributed by atoms with Gasteiger partial charge in [0.2, 0.25) is 17.7 Å². The minimum absolute atomic E-state index is 0.0923. The number of nitrogens with zero attached hydrogens (tertiary/aromatic N) is 2. The highest BCUT2D eigenvalue weighted by Gasteiger charge is 2.45. The van der Waals surface area contributed by atoms with Crippen molar-refractivity contribution in [3.05, 3.63) is 29.8 Å². The smallest absolute Gasteiger partial charge is 0.246 e. The summed E-state index contributed by atoms with van der Waals surface area (Å²) in [6.07, 6.45) is 7.23. The Hall–Kier alpha value is -2.65. The average Bonchev–Trinajstić information content (AvgIpc) is 3.57. The fourth-order valence-electron chi connectivity index (χ4n) is 6.47. The van der Waals surface area contributed by atoms with E-state index in [4.69, 9.17) is 4.74 Å². The first kappa shape index (κ1) is 26.0. The number of ether oxygens (including phenoxy) is 1. The molecule has 1 aliphatic carbocycles. The van der Waals surface area contributed by atoms with Crippen LogP contribution in [0.2, 0.25) is 0 Å². The molecule has 0 radical (unpaired) electrons. The van der Waals surface area contributed by atoms with Crippen molar-refractivity contribution in [2.75, 3.05) is 33.3 Å². The van der Waals surface area contributed by atoms with Crippen molar-refractivity contribution in [3.8, 4) is 5.75 Å². The Labute approximate surface area is 219 Å². The molecular formula is C28H41N5O4. The maximum absolute atomic E-state index is 14.3. The van der Waals surface area contributed by atoms with Crippen LogP contribution in [0.15, 0.2) is 24.3 Å². The lowest BCUT2D eigenvalue weighted by Gasteiger charge is -2.45. The molecule has 9 heteroatoms. The number of hydrogen-bond donors (Lipinski definition) is 3. The van der Waals surface area contributed by atoms with E-state index in [0.29, 0.717) is 19.7 Å². The molecule has 5 atom stereocenters. The molecule has 0 spiro atoms. The maximum atomic E-state index is 14.3. The van der Waals surface area contributed by atoms with Crippen molar-refractivity contribution in [2.24, 2.45) is 5.92 Å². The zero-order chi connectivity index (χ0) is 25.9. The van der Waals surface area contributed by atoms with Crippen LogP contribution in [0, 0.1) is 5.92 Å². The summed E-state index contributed by atoms with van der Waals surface area (Å²) in [6, 6.07) is 6.19. The van der Waals surface area contributed by atoms with Crippen molar-refractivity contribution < 1.29 is 19.1 Å². The SMILES string of the molecule is CN[C@@H](C)C(=O)N[C@H](C(=O)N1C[C@H]2CCCN2C[C@H]1C(=O)NC1COc2ccccc21)C1CCCCC1. The summed E-state index contributed by atoms with van der Waals surface area (Å²) < 4.78 is 5.78. The molecule has 3 amide bonds. The Morgan fingerprint density at radius 2 is 1.81 bits per heavy atom. The normalized spacial score (nSPS) is 27.5. The summed E-state index contributed by atoms with van der Waals surface area (Å²) >= 11 is 0. The number of para-hydroxylation sites is 1. The number of nitrogens with one attached hydrogen (secondary N) is 3. The topological polar surface area (TPSA) is 103 Å². The fraction of sp³-hybridized carbons (Fsp3) is 0.679. The average molecular weight is 512 g/mol. The lowest BCUT2D eigenvalue weighted by Crippen LogP contribution is -2.66. The Bertz CT molecular complexity index is 997. The summed E-state index contributed by atoms with van der Waals surface area (Å²) in [4.78, 5) is 45.1. The lowest BCUT2D eigenvalue weighted by atomic mass is 9.82. The molecule has 1 aromatic carbocycles. The van der Waals surface area contributed by atoms with Crippen LogP contribution in [0.5, 0.6) is 5.75 Å². The van der Waals surface area contributed by atoms with E-state index in [1.54, 1.807) is 18.9 Å². The summed E-state index contributed by atoms with van der Waals surface area (Å²) in [5.74, 6) is 0.448. The van der Waals surface area contributed by atoms with Gasteiger partial charge in [0.05, 0.1) is 12.1 Å². The van der Waals surface area contributed by atoms with Crippen molar-refractivity contribution in [1.29, 1.82) is 0 Å². The van der Waals surface area contributed by atoms with Gasteiger partial charge in [-0.25, -0.2) is 0 Å². The molecule has 3 N–H and O–H groups in total. The zero-order valence-electron chi connectivity index (χ0n) is 22.1. The summed E-state index contributed by atoms with van der Waals surface area (Å²) in [6.45, 7) is 4.19. The van der Waals surface area contributed by atoms with Gasteiger partial charge in [0.1, 0.15) is 24.4 Å². The predicted molar refractivity (Wildman–Crippen MR) is 140 cm³/mol. The molecule has 2 saturated heterocycles. The van der Waals surface area contributed by atoms with Crippen LogP contribution in [0.1, 0.15) is 63.5 Å². The Kier molecular flexibility index (Phi) is 8.00. The molecule has 1 aromatic rings. The van der Waals surface area contributed by atoms with Gasteiger partial charge in [0.25, 0.3) is 0 Å². The van der Waals surface area contributed by atoms with E-state index in [1.807, 2.05) is 24.3 Å².